The molecule has 0 aliphatic heterocycles. The molecule has 0 bridgehead atoms. The molecule has 1 atom stereocenters. The van der Waals surface area contributed by atoms with Crippen LogP contribution in [-0.4, -0.2) is 15.0 Å². The van der Waals surface area contributed by atoms with Crippen LogP contribution in [0, 0.1) is 5.92 Å². The molecule has 3 nitrogen and oxygen atoms in total. The molecule has 0 N–H and O–H groups in total. The fourth-order valence-electron chi connectivity index (χ4n) is 6.44. The highest BCUT2D eigenvalue weighted by atomic mass is 14.9. The maximum atomic E-state index is 5.39. The summed E-state index contributed by atoms with van der Waals surface area (Å²) in [7, 11) is 0. The third kappa shape index (κ3) is 5.34. The van der Waals surface area contributed by atoms with E-state index in [9.17, 15) is 0 Å². The van der Waals surface area contributed by atoms with Gasteiger partial charge in [-0.05, 0) is 57.7 Å². The number of allylic oxidation sites excluding steroid dienone is 4. The minimum atomic E-state index is 0.303. The molecule has 4 aromatic carbocycles. The number of nitrogens with zero attached hydrogens (tertiary/aromatic N) is 3. The van der Waals surface area contributed by atoms with Crippen LogP contribution in [0.4, 0.5) is 0 Å². The highest BCUT2D eigenvalue weighted by Crippen LogP contribution is 2.35. The van der Waals surface area contributed by atoms with Crippen LogP contribution >= 0.6 is 0 Å². The number of pyridine rings is 1. The van der Waals surface area contributed by atoms with E-state index in [0.29, 0.717) is 5.92 Å². The first-order valence-corrected chi connectivity index (χ1v) is 15.5. The lowest BCUT2D eigenvalue weighted by Crippen LogP contribution is -2.27. The normalized spacial score (nSPS) is 15.3. The Hall–Kier alpha value is -5.67. The van der Waals surface area contributed by atoms with Crippen molar-refractivity contribution in [2.75, 3.05) is 0 Å². The number of aromatic nitrogens is 3. The Morgan fingerprint density at radius 2 is 1.38 bits per heavy atom. The Kier molecular flexibility index (Phi) is 7.05. The van der Waals surface area contributed by atoms with Gasteiger partial charge in [0.15, 0.2) is 5.82 Å². The van der Waals surface area contributed by atoms with E-state index in [0.717, 1.165) is 57.8 Å². The molecular weight excluding hydrogens is 546 g/mol. The van der Waals surface area contributed by atoms with E-state index in [2.05, 4.69) is 132 Å². The van der Waals surface area contributed by atoms with E-state index in [1.165, 1.54) is 27.1 Å². The van der Waals surface area contributed by atoms with Crippen molar-refractivity contribution in [3.05, 3.63) is 174 Å². The quantitative estimate of drug-likeness (QED) is 0.193. The first kappa shape index (κ1) is 26.9. The molecule has 1 unspecified atom stereocenters. The Balaban J connectivity index is 1.32. The number of hydrogen-bond donors (Lipinski definition) is 0. The maximum absolute atomic E-state index is 5.39. The second-order valence-electron chi connectivity index (χ2n) is 11.6. The molecule has 45 heavy (non-hydrogen) atoms. The standard InChI is InChI=1S/C42H31N3/c1-2-10-29(11-3-1)30-19-21-31(22-20-30)41-40(36-16-8-15-33(25-36)37-17-9-23-43-27-37)28-44-42(45-41)39-26-34-13-5-4-12-32(34)24-35-14-6-7-18-38(35)39/h1-4,6-12,14-28,32H,5,13H2. The summed E-state index contributed by atoms with van der Waals surface area (Å²) in [5.74, 6) is 1.05. The van der Waals surface area contributed by atoms with Gasteiger partial charge in [-0.25, -0.2) is 9.97 Å². The number of fused-ring (bicyclic) bond motifs is 2. The first-order valence-electron chi connectivity index (χ1n) is 15.5. The zero-order valence-electron chi connectivity index (χ0n) is 24.8. The second-order valence-corrected chi connectivity index (χ2v) is 11.6. The molecule has 2 aromatic heterocycles. The summed E-state index contributed by atoms with van der Waals surface area (Å²) >= 11 is 0. The van der Waals surface area contributed by atoms with Crippen LogP contribution in [0.3, 0.4) is 0 Å². The third-order valence-corrected chi connectivity index (χ3v) is 8.77. The summed E-state index contributed by atoms with van der Waals surface area (Å²) in [6, 6.07) is 40.5. The maximum Gasteiger partial charge on any atom is 0.160 e. The monoisotopic (exact) mass is 577 g/mol. The average Bonchev–Trinajstić information content (AvgIpc) is 3.29. The first-order chi connectivity index (χ1) is 22.3. The van der Waals surface area contributed by atoms with Gasteiger partial charge in [-0.1, -0.05) is 133 Å². The third-order valence-electron chi connectivity index (χ3n) is 8.77. The lowest BCUT2D eigenvalue weighted by molar-refractivity contribution is 0.827. The van der Waals surface area contributed by atoms with Crippen molar-refractivity contribution in [2.24, 2.45) is 5.92 Å². The molecular formula is C42H31N3. The van der Waals surface area contributed by atoms with Crippen molar-refractivity contribution < 1.29 is 0 Å². The number of rotatable bonds is 5. The van der Waals surface area contributed by atoms with Crippen LogP contribution < -0.4 is 10.4 Å². The highest BCUT2D eigenvalue weighted by molar-refractivity contribution is 5.85. The van der Waals surface area contributed by atoms with Gasteiger partial charge in [0, 0.05) is 46.8 Å². The fourth-order valence-corrected chi connectivity index (χ4v) is 6.44. The molecule has 2 heterocycles. The van der Waals surface area contributed by atoms with Crippen LogP contribution in [0.15, 0.2) is 158 Å². The Bertz CT molecular complexity index is 2200. The van der Waals surface area contributed by atoms with E-state index in [-0.39, 0.29) is 0 Å². The van der Waals surface area contributed by atoms with Crippen LogP contribution in [0.2, 0.25) is 0 Å². The minimum absolute atomic E-state index is 0.303. The van der Waals surface area contributed by atoms with Gasteiger partial charge in [-0.3, -0.25) is 4.98 Å². The summed E-state index contributed by atoms with van der Waals surface area (Å²) < 4.78 is 0. The Morgan fingerprint density at radius 3 is 2.24 bits per heavy atom. The molecule has 0 radical (unpaired) electrons. The van der Waals surface area contributed by atoms with E-state index >= 15 is 0 Å². The molecule has 2 aliphatic rings. The zero-order chi connectivity index (χ0) is 30.0. The van der Waals surface area contributed by atoms with E-state index in [4.69, 9.17) is 9.97 Å². The van der Waals surface area contributed by atoms with Crippen molar-refractivity contribution in [3.63, 3.8) is 0 Å². The summed E-state index contributed by atoms with van der Waals surface area (Å²) in [6.45, 7) is 0. The molecule has 0 saturated heterocycles. The van der Waals surface area contributed by atoms with E-state index in [1.807, 2.05) is 24.5 Å². The molecule has 0 fully saturated rings. The van der Waals surface area contributed by atoms with Gasteiger partial charge in [-0.15, -0.1) is 0 Å². The van der Waals surface area contributed by atoms with Crippen LogP contribution in [0.5, 0.6) is 0 Å². The summed E-state index contributed by atoms with van der Waals surface area (Å²) in [4.78, 5) is 14.8. The number of benzene rings is 4. The molecule has 3 heteroatoms. The SMILES string of the molecule is C1=CC2C=c3ccccc3=C(c3ncc(-c4cccc(-c5cccnc5)c4)c(-c4ccc(-c5ccccc5)cc4)n3)C=C2CC1. The van der Waals surface area contributed by atoms with Gasteiger partial charge in [0.05, 0.1) is 5.69 Å². The average molecular weight is 578 g/mol. The van der Waals surface area contributed by atoms with Crippen molar-refractivity contribution in [1.29, 1.82) is 0 Å². The molecule has 214 valence electrons. The van der Waals surface area contributed by atoms with Crippen LogP contribution in [0.25, 0.3) is 56.3 Å². The predicted molar refractivity (Wildman–Crippen MR) is 184 cm³/mol. The second kappa shape index (κ2) is 11.8. The fraction of sp³-hybridized carbons (Fsp3) is 0.0714. The summed E-state index contributed by atoms with van der Waals surface area (Å²) in [5, 5.41) is 2.39. The molecule has 0 saturated carbocycles. The molecule has 0 amide bonds. The van der Waals surface area contributed by atoms with Crippen molar-refractivity contribution in [1.82, 2.24) is 15.0 Å². The van der Waals surface area contributed by atoms with Crippen molar-refractivity contribution in [3.8, 4) is 44.6 Å². The lowest BCUT2D eigenvalue weighted by atomic mass is 9.89. The lowest BCUT2D eigenvalue weighted by Gasteiger charge is -2.17. The minimum Gasteiger partial charge on any atom is -0.264 e. The Morgan fingerprint density at radius 1 is 0.622 bits per heavy atom. The summed E-state index contributed by atoms with van der Waals surface area (Å²) in [5.41, 5.74) is 11.1. The molecule has 0 spiro atoms. The molecule has 2 aliphatic carbocycles. The van der Waals surface area contributed by atoms with Gasteiger partial charge in [-0.2, -0.15) is 0 Å². The number of hydrogen-bond acceptors (Lipinski definition) is 3. The Labute approximate surface area is 263 Å². The van der Waals surface area contributed by atoms with Gasteiger partial charge in [0.25, 0.3) is 0 Å². The smallest absolute Gasteiger partial charge is 0.160 e. The van der Waals surface area contributed by atoms with Crippen LogP contribution in [0.1, 0.15) is 18.7 Å². The van der Waals surface area contributed by atoms with Crippen molar-refractivity contribution >= 4 is 11.6 Å². The van der Waals surface area contributed by atoms with Gasteiger partial charge in [0.1, 0.15) is 0 Å². The summed E-state index contributed by atoms with van der Waals surface area (Å²) in [6.07, 6.45) is 17.2. The van der Waals surface area contributed by atoms with Crippen LogP contribution in [-0.2, 0) is 0 Å². The van der Waals surface area contributed by atoms with E-state index in [1.54, 1.807) is 6.20 Å². The zero-order valence-corrected chi connectivity index (χ0v) is 24.8. The van der Waals surface area contributed by atoms with Gasteiger partial charge < -0.3 is 0 Å². The van der Waals surface area contributed by atoms with E-state index < -0.39 is 0 Å². The molecule has 8 rings (SSSR count). The predicted octanol–water partition coefficient (Wildman–Crippen LogP) is 8.43. The van der Waals surface area contributed by atoms with Gasteiger partial charge >= 0.3 is 0 Å². The highest BCUT2D eigenvalue weighted by Gasteiger charge is 2.19. The topological polar surface area (TPSA) is 38.7 Å². The van der Waals surface area contributed by atoms with Crippen molar-refractivity contribution in [2.45, 2.75) is 12.8 Å². The van der Waals surface area contributed by atoms with Gasteiger partial charge in [0.2, 0.25) is 0 Å². The molecule has 6 aromatic rings. The largest absolute Gasteiger partial charge is 0.264 e.